The topological polar surface area (TPSA) is 54.2 Å². The van der Waals surface area contributed by atoms with Crippen LogP contribution >= 0.6 is 0 Å². The standard InChI is InChI=1S/C20H19F4N5/c21-16-6-5-11(8-15(16)20(22,23)24)14-2-1-7-29-18(14)27-19(28-29)26-17-12-3-4-13(17)10-25-9-12/h1-2,5-8,12-13,17,25H,3-4,9-10H2,(H,26,28). The van der Waals surface area contributed by atoms with Crippen LogP contribution < -0.4 is 10.6 Å². The molecule has 29 heavy (non-hydrogen) atoms. The lowest BCUT2D eigenvalue weighted by Crippen LogP contribution is -2.45. The molecule has 2 fully saturated rings. The van der Waals surface area contributed by atoms with Gasteiger partial charge in [-0.05, 0) is 67.6 Å². The molecule has 2 unspecified atom stereocenters. The molecule has 0 radical (unpaired) electrons. The van der Waals surface area contributed by atoms with E-state index in [0.717, 1.165) is 38.1 Å². The summed E-state index contributed by atoms with van der Waals surface area (Å²) in [5, 5.41) is 11.3. The van der Waals surface area contributed by atoms with E-state index < -0.39 is 17.6 Å². The van der Waals surface area contributed by atoms with E-state index in [1.165, 1.54) is 10.6 Å². The number of rotatable bonds is 3. The van der Waals surface area contributed by atoms with Crippen molar-refractivity contribution >= 4 is 11.6 Å². The van der Waals surface area contributed by atoms with E-state index in [9.17, 15) is 17.6 Å². The predicted molar refractivity (Wildman–Crippen MR) is 99.9 cm³/mol. The second-order valence-corrected chi connectivity index (χ2v) is 7.74. The Morgan fingerprint density at radius 3 is 2.59 bits per heavy atom. The average Bonchev–Trinajstić information content (AvgIpc) is 3.17. The molecule has 2 aromatic heterocycles. The molecular weight excluding hydrogens is 386 g/mol. The molecule has 1 aliphatic carbocycles. The Hall–Kier alpha value is -2.68. The molecule has 0 spiro atoms. The summed E-state index contributed by atoms with van der Waals surface area (Å²) in [7, 11) is 0. The minimum atomic E-state index is -4.76. The molecule has 3 aromatic rings. The van der Waals surface area contributed by atoms with Crippen LogP contribution in [0.25, 0.3) is 16.8 Å². The smallest absolute Gasteiger partial charge is 0.350 e. The summed E-state index contributed by atoms with van der Waals surface area (Å²) in [6.07, 6.45) is -0.754. The van der Waals surface area contributed by atoms with Gasteiger partial charge in [0.25, 0.3) is 0 Å². The zero-order valence-corrected chi connectivity index (χ0v) is 15.4. The molecule has 1 aromatic carbocycles. The van der Waals surface area contributed by atoms with Gasteiger partial charge in [0.15, 0.2) is 5.65 Å². The first kappa shape index (κ1) is 18.4. The maximum absolute atomic E-state index is 13.7. The van der Waals surface area contributed by atoms with Gasteiger partial charge in [-0.15, -0.1) is 5.10 Å². The van der Waals surface area contributed by atoms with Crippen LogP contribution in [0.1, 0.15) is 18.4 Å². The first-order chi connectivity index (χ1) is 13.9. The predicted octanol–water partition coefficient (Wildman–Crippen LogP) is 3.96. The second-order valence-electron chi connectivity index (χ2n) is 7.74. The van der Waals surface area contributed by atoms with Gasteiger partial charge in [-0.3, -0.25) is 0 Å². The molecule has 1 saturated carbocycles. The van der Waals surface area contributed by atoms with Crippen molar-refractivity contribution in [3.05, 3.63) is 47.9 Å². The molecule has 2 atom stereocenters. The Labute approximate surface area is 164 Å². The van der Waals surface area contributed by atoms with Crippen molar-refractivity contribution in [3.8, 4) is 11.1 Å². The van der Waals surface area contributed by atoms with Gasteiger partial charge < -0.3 is 10.6 Å². The molecule has 0 amide bonds. The molecule has 2 bridgehead atoms. The quantitative estimate of drug-likeness (QED) is 0.648. The minimum Gasteiger partial charge on any atom is -0.350 e. The van der Waals surface area contributed by atoms with Crippen LogP contribution in [0, 0.1) is 17.7 Å². The zero-order chi connectivity index (χ0) is 20.2. The fourth-order valence-corrected chi connectivity index (χ4v) is 4.57. The van der Waals surface area contributed by atoms with Gasteiger partial charge in [0.05, 0.1) is 5.56 Å². The first-order valence-corrected chi connectivity index (χ1v) is 9.60. The lowest BCUT2D eigenvalue weighted by atomic mass is 9.94. The highest BCUT2D eigenvalue weighted by molar-refractivity contribution is 5.78. The van der Waals surface area contributed by atoms with Crippen molar-refractivity contribution in [2.24, 2.45) is 11.8 Å². The fraction of sp³-hybridized carbons (Fsp3) is 0.400. The van der Waals surface area contributed by atoms with Crippen LogP contribution in [-0.2, 0) is 6.18 Å². The third kappa shape index (κ3) is 3.23. The van der Waals surface area contributed by atoms with Crippen molar-refractivity contribution < 1.29 is 17.6 Å². The Kier molecular flexibility index (Phi) is 4.23. The van der Waals surface area contributed by atoms with Crippen molar-refractivity contribution in [1.29, 1.82) is 0 Å². The third-order valence-corrected chi connectivity index (χ3v) is 5.98. The molecule has 152 valence electrons. The van der Waals surface area contributed by atoms with E-state index in [-0.39, 0.29) is 5.56 Å². The second kappa shape index (κ2) is 6.69. The Bertz CT molecular complexity index is 1040. The number of anilines is 1. The normalized spacial score (nSPS) is 24.2. The van der Waals surface area contributed by atoms with E-state index in [4.69, 9.17) is 0 Å². The molecular formula is C20H19F4N5. The minimum absolute atomic E-state index is 0.241. The number of benzene rings is 1. The number of halogens is 4. The number of hydrogen-bond donors (Lipinski definition) is 2. The Morgan fingerprint density at radius 2 is 1.86 bits per heavy atom. The number of nitrogens with one attached hydrogen (secondary N) is 2. The summed E-state index contributed by atoms with van der Waals surface area (Å²) in [5.74, 6) is 0.204. The van der Waals surface area contributed by atoms with Gasteiger partial charge in [-0.25, -0.2) is 8.91 Å². The van der Waals surface area contributed by atoms with Crippen molar-refractivity contribution in [2.75, 3.05) is 18.4 Å². The maximum atomic E-state index is 13.7. The van der Waals surface area contributed by atoms with Crippen LogP contribution in [0.5, 0.6) is 0 Å². The van der Waals surface area contributed by atoms with E-state index in [1.54, 1.807) is 18.3 Å². The summed E-state index contributed by atoms with van der Waals surface area (Å²) in [6.45, 7) is 1.92. The van der Waals surface area contributed by atoms with Crippen molar-refractivity contribution in [3.63, 3.8) is 0 Å². The summed E-state index contributed by atoms with van der Waals surface area (Å²) in [5.41, 5.74) is -0.158. The Morgan fingerprint density at radius 1 is 1.10 bits per heavy atom. The third-order valence-electron chi connectivity index (χ3n) is 5.98. The number of nitrogens with zero attached hydrogens (tertiary/aromatic N) is 3. The molecule has 1 aliphatic heterocycles. The van der Waals surface area contributed by atoms with Crippen LogP contribution in [0.15, 0.2) is 36.5 Å². The van der Waals surface area contributed by atoms with E-state index in [0.29, 0.717) is 35.0 Å². The van der Waals surface area contributed by atoms with E-state index in [2.05, 4.69) is 20.7 Å². The largest absolute Gasteiger partial charge is 0.419 e. The van der Waals surface area contributed by atoms with E-state index in [1.807, 2.05) is 0 Å². The first-order valence-electron chi connectivity index (χ1n) is 9.60. The zero-order valence-electron chi connectivity index (χ0n) is 15.4. The number of fused-ring (bicyclic) bond motifs is 3. The van der Waals surface area contributed by atoms with Crippen LogP contribution in [0.4, 0.5) is 23.5 Å². The molecule has 5 nitrogen and oxygen atoms in total. The van der Waals surface area contributed by atoms with Crippen LogP contribution in [0.3, 0.4) is 0 Å². The lowest BCUT2D eigenvalue weighted by Gasteiger charge is -2.30. The van der Waals surface area contributed by atoms with Gasteiger partial charge >= 0.3 is 6.18 Å². The summed E-state index contributed by atoms with van der Waals surface area (Å²) >= 11 is 0. The number of aromatic nitrogens is 3. The van der Waals surface area contributed by atoms with Gasteiger partial charge in [0.1, 0.15) is 5.82 Å². The molecule has 3 heterocycles. The van der Waals surface area contributed by atoms with Crippen molar-refractivity contribution in [2.45, 2.75) is 25.1 Å². The number of alkyl halides is 3. The molecule has 2 N–H and O–H groups in total. The summed E-state index contributed by atoms with van der Waals surface area (Å²) in [4.78, 5) is 4.54. The fourth-order valence-electron chi connectivity index (χ4n) is 4.57. The highest BCUT2D eigenvalue weighted by Crippen LogP contribution is 2.37. The molecule has 9 heteroatoms. The molecule has 1 saturated heterocycles. The molecule has 2 aliphatic rings. The number of hydrogen-bond acceptors (Lipinski definition) is 4. The lowest BCUT2D eigenvalue weighted by molar-refractivity contribution is -0.139. The maximum Gasteiger partial charge on any atom is 0.419 e. The summed E-state index contributed by atoms with van der Waals surface area (Å²) in [6, 6.07) is 6.62. The highest BCUT2D eigenvalue weighted by Gasteiger charge is 2.39. The van der Waals surface area contributed by atoms with Crippen LogP contribution in [-0.4, -0.2) is 33.7 Å². The van der Waals surface area contributed by atoms with Gasteiger partial charge in [-0.2, -0.15) is 18.2 Å². The van der Waals surface area contributed by atoms with E-state index >= 15 is 0 Å². The van der Waals surface area contributed by atoms with Crippen LogP contribution in [0.2, 0.25) is 0 Å². The van der Waals surface area contributed by atoms with Gasteiger partial charge in [-0.1, -0.05) is 6.07 Å². The number of piperidine rings is 1. The number of pyridine rings is 1. The van der Waals surface area contributed by atoms with Gasteiger partial charge in [0.2, 0.25) is 5.95 Å². The van der Waals surface area contributed by atoms with Gasteiger partial charge in [0, 0.05) is 17.8 Å². The Balaban J connectivity index is 1.52. The molecule has 5 rings (SSSR count). The monoisotopic (exact) mass is 405 g/mol. The average molecular weight is 405 g/mol. The SMILES string of the molecule is Fc1ccc(-c2cccn3nc(NC4C5CCC4CNC5)nc23)cc1C(F)(F)F. The highest BCUT2D eigenvalue weighted by atomic mass is 19.4. The van der Waals surface area contributed by atoms with Crippen molar-refractivity contribution in [1.82, 2.24) is 19.9 Å². The summed E-state index contributed by atoms with van der Waals surface area (Å²) < 4.78 is 54.6.